The molecule has 0 aliphatic heterocycles. The zero-order chi connectivity index (χ0) is 12.8. The van der Waals surface area contributed by atoms with Gasteiger partial charge in [-0.15, -0.1) is 0 Å². The van der Waals surface area contributed by atoms with Crippen LogP contribution in [0.2, 0.25) is 0 Å². The third-order valence-corrected chi connectivity index (χ3v) is 3.30. The molecule has 1 aromatic rings. The Balaban J connectivity index is 2.68. The summed E-state index contributed by atoms with van der Waals surface area (Å²) in [5, 5.41) is 0.549. The Kier molecular flexibility index (Phi) is 5.92. The van der Waals surface area contributed by atoms with Gasteiger partial charge in [-0.25, -0.2) is 4.39 Å². The van der Waals surface area contributed by atoms with Crippen LogP contribution in [0.4, 0.5) is 10.1 Å². The molecule has 1 rings (SSSR count). The Morgan fingerprint density at radius 3 is 2.47 bits per heavy atom. The van der Waals surface area contributed by atoms with Gasteiger partial charge in [0, 0.05) is 30.2 Å². The molecule has 0 aromatic heterocycles. The standard InChI is InChI=1S/C13H20BrFN2/c1-16(2)8-5-9-17(3)13-7-4-6-12(15)11(13)10-14/h4,6-7H,5,8-10H2,1-3H3. The first-order chi connectivity index (χ1) is 8.06. The van der Waals surface area contributed by atoms with Gasteiger partial charge in [0.1, 0.15) is 5.82 Å². The third-order valence-electron chi connectivity index (χ3n) is 2.74. The molecule has 4 heteroatoms. The Hall–Kier alpha value is -0.610. The maximum absolute atomic E-state index is 13.6. The SMILES string of the molecule is CN(C)CCCN(C)c1cccc(F)c1CBr. The highest BCUT2D eigenvalue weighted by molar-refractivity contribution is 9.08. The number of benzene rings is 1. The van der Waals surface area contributed by atoms with Crippen molar-refractivity contribution in [1.82, 2.24) is 4.90 Å². The number of nitrogens with zero attached hydrogens (tertiary/aromatic N) is 2. The van der Waals surface area contributed by atoms with Gasteiger partial charge in [-0.1, -0.05) is 22.0 Å². The van der Waals surface area contributed by atoms with E-state index < -0.39 is 0 Å². The summed E-state index contributed by atoms with van der Waals surface area (Å²) in [6, 6.07) is 5.24. The topological polar surface area (TPSA) is 6.48 Å². The fourth-order valence-corrected chi connectivity index (χ4v) is 2.34. The van der Waals surface area contributed by atoms with Gasteiger partial charge in [-0.3, -0.25) is 0 Å². The van der Waals surface area contributed by atoms with E-state index in [0.717, 1.165) is 30.8 Å². The number of anilines is 1. The minimum absolute atomic E-state index is 0.140. The first kappa shape index (κ1) is 14.5. The number of rotatable bonds is 6. The second-order valence-corrected chi connectivity index (χ2v) is 5.01. The highest BCUT2D eigenvalue weighted by atomic mass is 79.9. The van der Waals surface area contributed by atoms with Crippen molar-refractivity contribution in [3.05, 3.63) is 29.6 Å². The molecule has 0 unspecified atom stereocenters. The van der Waals surface area contributed by atoms with Gasteiger partial charge in [0.15, 0.2) is 0 Å². The maximum atomic E-state index is 13.6. The Morgan fingerprint density at radius 1 is 1.18 bits per heavy atom. The van der Waals surface area contributed by atoms with Gasteiger partial charge >= 0.3 is 0 Å². The minimum atomic E-state index is -0.140. The fraction of sp³-hybridized carbons (Fsp3) is 0.538. The molecule has 0 radical (unpaired) electrons. The van der Waals surface area contributed by atoms with Crippen molar-refractivity contribution in [1.29, 1.82) is 0 Å². The van der Waals surface area contributed by atoms with E-state index in [1.807, 2.05) is 13.1 Å². The van der Waals surface area contributed by atoms with Crippen LogP contribution in [0.1, 0.15) is 12.0 Å². The molecule has 0 fully saturated rings. The maximum Gasteiger partial charge on any atom is 0.129 e. The van der Waals surface area contributed by atoms with Crippen molar-refractivity contribution in [3.63, 3.8) is 0 Å². The summed E-state index contributed by atoms with van der Waals surface area (Å²) in [6.07, 6.45) is 1.07. The summed E-state index contributed by atoms with van der Waals surface area (Å²) in [5.74, 6) is -0.140. The molecule has 0 atom stereocenters. The van der Waals surface area contributed by atoms with Crippen molar-refractivity contribution >= 4 is 21.6 Å². The van der Waals surface area contributed by atoms with Gasteiger partial charge in [0.25, 0.3) is 0 Å². The van der Waals surface area contributed by atoms with Gasteiger partial charge < -0.3 is 9.80 Å². The molecule has 2 nitrogen and oxygen atoms in total. The van der Waals surface area contributed by atoms with Crippen molar-refractivity contribution in [2.75, 3.05) is 39.1 Å². The fourth-order valence-electron chi connectivity index (χ4n) is 1.78. The highest BCUT2D eigenvalue weighted by Gasteiger charge is 2.10. The smallest absolute Gasteiger partial charge is 0.129 e. The first-order valence-corrected chi connectivity index (χ1v) is 6.87. The van der Waals surface area contributed by atoms with Crippen LogP contribution in [0.3, 0.4) is 0 Å². The predicted molar refractivity (Wildman–Crippen MR) is 75.5 cm³/mol. The lowest BCUT2D eigenvalue weighted by Gasteiger charge is -2.23. The Morgan fingerprint density at radius 2 is 1.88 bits per heavy atom. The minimum Gasteiger partial charge on any atom is -0.374 e. The van der Waals surface area contributed by atoms with E-state index in [-0.39, 0.29) is 5.82 Å². The lowest BCUT2D eigenvalue weighted by atomic mass is 10.1. The van der Waals surface area contributed by atoms with E-state index in [2.05, 4.69) is 39.8 Å². The normalized spacial score (nSPS) is 10.9. The molecule has 0 bridgehead atoms. The van der Waals surface area contributed by atoms with Crippen LogP contribution in [-0.4, -0.2) is 39.1 Å². The highest BCUT2D eigenvalue weighted by Crippen LogP contribution is 2.24. The quantitative estimate of drug-likeness (QED) is 0.745. The summed E-state index contributed by atoms with van der Waals surface area (Å²) < 4.78 is 13.6. The summed E-state index contributed by atoms with van der Waals surface area (Å²) in [5.41, 5.74) is 1.71. The van der Waals surface area contributed by atoms with E-state index in [9.17, 15) is 4.39 Å². The lowest BCUT2D eigenvalue weighted by Crippen LogP contribution is -2.24. The van der Waals surface area contributed by atoms with E-state index in [1.54, 1.807) is 6.07 Å². The van der Waals surface area contributed by atoms with E-state index in [0.29, 0.717) is 5.33 Å². The molecule has 0 N–H and O–H groups in total. The zero-order valence-electron chi connectivity index (χ0n) is 10.7. The largest absolute Gasteiger partial charge is 0.374 e. The monoisotopic (exact) mass is 302 g/mol. The Bertz CT molecular complexity index is 355. The van der Waals surface area contributed by atoms with E-state index in [1.165, 1.54) is 6.07 Å². The van der Waals surface area contributed by atoms with Crippen molar-refractivity contribution in [2.24, 2.45) is 0 Å². The zero-order valence-corrected chi connectivity index (χ0v) is 12.3. The molecule has 0 saturated heterocycles. The van der Waals surface area contributed by atoms with E-state index >= 15 is 0 Å². The molecule has 0 amide bonds. The second kappa shape index (κ2) is 6.97. The third kappa shape index (κ3) is 4.28. The second-order valence-electron chi connectivity index (χ2n) is 4.45. The van der Waals surface area contributed by atoms with Crippen LogP contribution >= 0.6 is 15.9 Å². The molecular weight excluding hydrogens is 283 g/mol. The molecule has 1 aromatic carbocycles. The lowest BCUT2D eigenvalue weighted by molar-refractivity contribution is 0.401. The number of hydrogen-bond acceptors (Lipinski definition) is 2. The molecule has 96 valence electrons. The average molecular weight is 303 g/mol. The van der Waals surface area contributed by atoms with Crippen LogP contribution in [-0.2, 0) is 5.33 Å². The van der Waals surface area contributed by atoms with Crippen molar-refractivity contribution < 1.29 is 4.39 Å². The predicted octanol–water partition coefficient (Wildman–Crippen LogP) is 3.11. The molecule has 0 aliphatic rings. The van der Waals surface area contributed by atoms with Gasteiger partial charge in [-0.05, 0) is 39.2 Å². The van der Waals surface area contributed by atoms with Crippen LogP contribution in [0, 0.1) is 5.82 Å². The summed E-state index contributed by atoms with van der Waals surface area (Å²) >= 11 is 3.34. The number of alkyl halides is 1. The van der Waals surface area contributed by atoms with Gasteiger partial charge in [0.05, 0.1) is 0 Å². The van der Waals surface area contributed by atoms with Crippen LogP contribution in [0.25, 0.3) is 0 Å². The average Bonchev–Trinajstić information content (AvgIpc) is 2.28. The summed E-state index contributed by atoms with van der Waals surface area (Å²) in [6.45, 7) is 1.98. The molecule has 17 heavy (non-hydrogen) atoms. The number of halogens is 2. The van der Waals surface area contributed by atoms with Crippen LogP contribution in [0.5, 0.6) is 0 Å². The van der Waals surface area contributed by atoms with E-state index in [4.69, 9.17) is 0 Å². The first-order valence-electron chi connectivity index (χ1n) is 5.75. The molecule has 0 heterocycles. The number of hydrogen-bond donors (Lipinski definition) is 0. The van der Waals surface area contributed by atoms with Crippen LogP contribution < -0.4 is 4.90 Å². The van der Waals surface area contributed by atoms with Gasteiger partial charge in [-0.2, -0.15) is 0 Å². The molecular formula is C13H20BrFN2. The molecule has 0 aliphatic carbocycles. The van der Waals surface area contributed by atoms with Crippen LogP contribution in [0.15, 0.2) is 18.2 Å². The van der Waals surface area contributed by atoms with Crippen molar-refractivity contribution in [3.8, 4) is 0 Å². The summed E-state index contributed by atoms with van der Waals surface area (Å²) in [7, 11) is 6.13. The molecule has 0 spiro atoms. The van der Waals surface area contributed by atoms with Gasteiger partial charge in [0.2, 0.25) is 0 Å². The summed E-state index contributed by atoms with van der Waals surface area (Å²) in [4.78, 5) is 4.27. The van der Waals surface area contributed by atoms with Crippen molar-refractivity contribution in [2.45, 2.75) is 11.8 Å². The Labute approximate surface area is 112 Å². The molecule has 0 saturated carbocycles.